The fourth-order valence-electron chi connectivity index (χ4n) is 6.65. The summed E-state index contributed by atoms with van der Waals surface area (Å²) >= 11 is 0. The van der Waals surface area contributed by atoms with Crippen LogP contribution in [0.1, 0.15) is 95.8 Å². The molecule has 1 atom stereocenters. The number of anilines is 1. The molecule has 2 aromatic rings. The lowest BCUT2D eigenvalue weighted by Gasteiger charge is -2.21. The molecule has 0 bridgehead atoms. The van der Waals surface area contributed by atoms with E-state index in [4.69, 9.17) is 0 Å². The number of hydrogen-bond donors (Lipinski definition) is 0. The number of nitrogens with zero attached hydrogens (tertiary/aromatic N) is 2. The van der Waals surface area contributed by atoms with Crippen molar-refractivity contribution in [2.24, 2.45) is 5.92 Å². The summed E-state index contributed by atoms with van der Waals surface area (Å²) in [5.74, 6) is 1.19. The topological polar surface area (TPSA) is 23.3 Å². The van der Waals surface area contributed by atoms with Gasteiger partial charge in [-0.3, -0.25) is 4.79 Å². The van der Waals surface area contributed by atoms with E-state index >= 15 is 0 Å². The Balaban J connectivity index is 1.64. The van der Waals surface area contributed by atoms with Crippen molar-refractivity contribution in [2.45, 2.75) is 91.4 Å². The van der Waals surface area contributed by atoms with Gasteiger partial charge in [-0.15, -0.1) is 0 Å². The molecule has 1 aliphatic carbocycles. The summed E-state index contributed by atoms with van der Waals surface area (Å²) in [5.41, 5.74) is 7.26. The van der Waals surface area contributed by atoms with E-state index in [9.17, 15) is 4.79 Å². The minimum absolute atomic E-state index is 0.243. The standard InChI is InChI=1S/C34H47N2O/c1-6-35(7-2)30-19-16-29(17-20-30)18-22-33-34(5,25-27(4)37)31-24-26(3)15-21-32(31)36(33)23-11-10-14-28-12-8-9-13-28/h15-22,24,28H,6-14,23,25H2,1-5H3/q+1. The van der Waals surface area contributed by atoms with Gasteiger partial charge in [-0.25, -0.2) is 0 Å². The first-order valence-electron chi connectivity index (χ1n) is 14.6. The summed E-state index contributed by atoms with van der Waals surface area (Å²) < 4.78 is 2.52. The molecule has 0 spiro atoms. The van der Waals surface area contributed by atoms with E-state index in [1.807, 2.05) is 0 Å². The van der Waals surface area contributed by atoms with Crippen molar-refractivity contribution in [3.8, 4) is 0 Å². The van der Waals surface area contributed by atoms with Crippen LogP contribution in [0, 0.1) is 12.8 Å². The van der Waals surface area contributed by atoms with E-state index in [0.717, 1.165) is 25.6 Å². The van der Waals surface area contributed by atoms with E-state index < -0.39 is 0 Å². The molecule has 1 heterocycles. The van der Waals surface area contributed by atoms with Gasteiger partial charge in [0.25, 0.3) is 0 Å². The number of benzene rings is 2. The van der Waals surface area contributed by atoms with Gasteiger partial charge in [-0.2, -0.15) is 4.58 Å². The SMILES string of the molecule is CCN(CC)c1ccc(/C=C/C2=[N+](CCCCC3CCCC3)c3ccc(C)cc3C2(C)CC(C)=O)cc1. The van der Waals surface area contributed by atoms with Crippen LogP contribution in [0.5, 0.6) is 0 Å². The first kappa shape index (κ1) is 27.4. The van der Waals surface area contributed by atoms with Crippen LogP contribution in [0.15, 0.2) is 48.5 Å². The van der Waals surface area contributed by atoms with E-state index in [-0.39, 0.29) is 11.2 Å². The van der Waals surface area contributed by atoms with Crippen LogP contribution in [0.25, 0.3) is 6.08 Å². The predicted molar refractivity (Wildman–Crippen MR) is 158 cm³/mol. The third-order valence-electron chi connectivity index (χ3n) is 8.67. The highest BCUT2D eigenvalue weighted by Crippen LogP contribution is 2.43. The van der Waals surface area contributed by atoms with Crippen LogP contribution < -0.4 is 4.90 Å². The normalized spacial score (nSPS) is 19.7. The van der Waals surface area contributed by atoms with Crippen molar-refractivity contribution in [1.82, 2.24) is 0 Å². The van der Waals surface area contributed by atoms with Crippen molar-refractivity contribution < 1.29 is 9.37 Å². The Kier molecular flexibility index (Phi) is 9.05. The summed E-state index contributed by atoms with van der Waals surface area (Å²) in [5, 5.41) is 0. The van der Waals surface area contributed by atoms with Gasteiger partial charge in [0, 0.05) is 49.3 Å². The minimum Gasteiger partial charge on any atom is -0.372 e. The van der Waals surface area contributed by atoms with Gasteiger partial charge < -0.3 is 4.90 Å². The summed E-state index contributed by atoms with van der Waals surface area (Å²) in [6, 6.07) is 15.7. The van der Waals surface area contributed by atoms with Crippen molar-refractivity contribution >= 4 is 28.9 Å². The third-order valence-corrected chi connectivity index (χ3v) is 8.67. The minimum atomic E-state index is -0.309. The van der Waals surface area contributed by atoms with E-state index in [1.54, 1.807) is 6.92 Å². The predicted octanol–water partition coefficient (Wildman–Crippen LogP) is 8.25. The van der Waals surface area contributed by atoms with Crippen molar-refractivity contribution in [2.75, 3.05) is 24.5 Å². The number of aryl methyl sites for hydroxylation is 1. The number of ketones is 1. The van der Waals surface area contributed by atoms with Gasteiger partial charge in [0.15, 0.2) is 5.71 Å². The molecule has 0 radical (unpaired) electrons. The average molecular weight is 500 g/mol. The fraction of sp³-hybridized carbons (Fsp3) is 0.529. The first-order valence-corrected chi connectivity index (χ1v) is 14.6. The molecule has 37 heavy (non-hydrogen) atoms. The molecule has 3 heteroatoms. The highest BCUT2D eigenvalue weighted by molar-refractivity contribution is 6.07. The van der Waals surface area contributed by atoms with Gasteiger partial charge >= 0.3 is 0 Å². The maximum absolute atomic E-state index is 12.5. The van der Waals surface area contributed by atoms with Crippen molar-refractivity contribution in [3.63, 3.8) is 0 Å². The number of rotatable bonds is 12. The molecule has 0 aromatic heterocycles. The molecule has 2 aromatic carbocycles. The lowest BCUT2D eigenvalue weighted by atomic mass is 9.75. The van der Waals surface area contributed by atoms with Crippen molar-refractivity contribution in [1.29, 1.82) is 0 Å². The Bertz CT molecular complexity index is 1130. The molecule has 1 saturated carbocycles. The van der Waals surface area contributed by atoms with Crippen LogP contribution in [-0.4, -0.2) is 35.7 Å². The highest BCUT2D eigenvalue weighted by Gasteiger charge is 2.48. The molecule has 0 N–H and O–H groups in total. The van der Waals surface area contributed by atoms with Gasteiger partial charge in [0.1, 0.15) is 12.3 Å². The van der Waals surface area contributed by atoms with E-state index in [0.29, 0.717) is 6.42 Å². The number of hydrogen-bond acceptors (Lipinski definition) is 2. The second-order valence-electron chi connectivity index (χ2n) is 11.5. The number of fused-ring (bicyclic) bond motifs is 1. The van der Waals surface area contributed by atoms with Crippen LogP contribution in [-0.2, 0) is 10.2 Å². The molecule has 0 amide bonds. The molecule has 1 aliphatic heterocycles. The van der Waals surface area contributed by atoms with E-state index in [1.165, 1.54) is 78.7 Å². The largest absolute Gasteiger partial charge is 0.372 e. The summed E-state index contributed by atoms with van der Waals surface area (Å²) in [7, 11) is 0. The zero-order valence-corrected chi connectivity index (χ0v) is 23.9. The smallest absolute Gasteiger partial charge is 0.209 e. The molecular weight excluding hydrogens is 452 g/mol. The van der Waals surface area contributed by atoms with E-state index in [2.05, 4.69) is 91.8 Å². The van der Waals surface area contributed by atoms with Gasteiger partial charge in [-0.1, -0.05) is 55.9 Å². The fourth-order valence-corrected chi connectivity index (χ4v) is 6.65. The number of Topliss-reactive ketones (excluding diaryl/α,β-unsaturated/α-hetero) is 1. The van der Waals surface area contributed by atoms with Crippen LogP contribution in [0.3, 0.4) is 0 Å². The monoisotopic (exact) mass is 499 g/mol. The zero-order chi connectivity index (χ0) is 26.4. The lowest BCUT2D eigenvalue weighted by molar-refractivity contribution is -0.438. The molecule has 3 nitrogen and oxygen atoms in total. The lowest BCUT2D eigenvalue weighted by Crippen LogP contribution is -2.33. The molecule has 198 valence electrons. The highest BCUT2D eigenvalue weighted by atomic mass is 16.1. The second-order valence-corrected chi connectivity index (χ2v) is 11.5. The second kappa shape index (κ2) is 12.2. The molecule has 4 rings (SSSR count). The Labute approximate surface area is 225 Å². The molecular formula is C34H47N2O+. The summed E-state index contributed by atoms with van der Waals surface area (Å²) in [4.78, 5) is 14.9. The molecule has 1 unspecified atom stereocenters. The van der Waals surface area contributed by atoms with Gasteiger partial charge in [0.05, 0.1) is 5.41 Å². The first-order chi connectivity index (χ1) is 17.9. The van der Waals surface area contributed by atoms with Gasteiger partial charge in [-0.05, 0) is 76.8 Å². The molecule has 0 saturated heterocycles. The van der Waals surface area contributed by atoms with Crippen LogP contribution in [0.2, 0.25) is 0 Å². The number of unbranched alkanes of at least 4 members (excludes halogenated alkanes) is 1. The quantitative estimate of drug-likeness (QED) is 0.217. The molecule has 2 aliphatic rings. The number of allylic oxidation sites excluding steroid dienone is 1. The number of carbonyl (C=O) groups is 1. The van der Waals surface area contributed by atoms with Crippen molar-refractivity contribution in [3.05, 3.63) is 65.2 Å². The summed E-state index contributed by atoms with van der Waals surface area (Å²) in [6.45, 7) is 13.6. The van der Waals surface area contributed by atoms with Gasteiger partial charge in [0.2, 0.25) is 5.69 Å². The van der Waals surface area contributed by atoms with Crippen LogP contribution in [0.4, 0.5) is 11.4 Å². The van der Waals surface area contributed by atoms with Crippen LogP contribution >= 0.6 is 0 Å². The number of carbonyl (C=O) groups excluding carboxylic acids is 1. The molecule has 1 fully saturated rings. The Morgan fingerprint density at radius 3 is 2.38 bits per heavy atom. The maximum Gasteiger partial charge on any atom is 0.209 e. The Morgan fingerprint density at radius 1 is 1.03 bits per heavy atom. The average Bonchev–Trinajstić information content (AvgIpc) is 3.47. The Morgan fingerprint density at radius 2 is 1.73 bits per heavy atom. The maximum atomic E-state index is 12.5. The Hall–Kier alpha value is -2.68. The third kappa shape index (κ3) is 6.25. The summed E-state index contributed by atoms with van der Waals surface area (Å²) in [6.07, 6.45) is 14.6. The zero-order valence-electron chi connectivity index (χ0n) is 23.9.